The molecule has 0 aliphatic rings. The number of hydrogen-bond acceptors (Lipinski definition) is 6. The first-order valence-corrected chi connectivity index (χ1v) is 13.3. The third-order valence-corrected chi connectivity index (χ3v) is 6.22. The summed E-state index contributed by atoms with van der Waals surface area (Å²) >= 11 is 0. The van der Waals surface area contributed by atoms with E-state index in [4.69, 9.17) is 15.2 Å². The molecule has 1 heterocycles. The van der Waals surface area contributed by atoms with E-state index >= 15 is 0 Å². The summed E-state index contributed by atoms with van der Waals surface area (Å²) in [5.74, 6) is 0.267. The molecule has 40 heavy (non-hydrogen) atoms. The van der Waals surface area contributed by atoms with Gasteiger partial charge >= 0.3 is 0 Å². The molecule has 0 bridgehead atoms. The average Bonchev–Trinajstić information content (AvgIpc) is 3.45. The van der Waals surface area contributed by atoms with Crippen molar-refractivity contribution in [1.82, 2.24) is 9.55 Å². The van der Waals surface area contributed by atoms with Crippen LogP contribution >= 0.6 is 0 Å². The van der Waals surface area contributed by atoms with E-state index in [1.165, 1.54) is 0 Å². The molecule has 0 aliphatic carbocycles. The number of nitrogens with zero attached hydrogens (tertiary/aromatic N) is 2. The molecule has 9 heteroatoms. The van der Waals surface area contributed by atoms with Gasteiger partial charge in [-0.25, -0.2) is 4.98 Å². The Balaban J connectivity index is 1.36. The number of ether oxygens (including phenoxy) is 2. The van der Waals surface area contributed by atoms with Crippen molar-refractivity contribution in [2.75, 3.05) is 43.6 Å². The second-order valence-electron chi connectivity index (χ2n) is 9.20. The second kappa shape index (κ2) is 14.7. The van der Waals surface area contributed by atoms with Gasteiger partial charge in [0.2, 0.25) is 0 Å². The quantitative estimate of drug-likeness (QED) is 0.198. The number of imidazole rings is 1. The van der Waals surface area contributed by atoms with Crippen LogP contribution in [0, 0.1) is 6.92 Å². The van der Waals surface area contributed by atoms with Gasteiger partial charge in [-0.2, -0.15) is 0 Å². The van der Waals surface area contributed by atoms with Gasteiger partial charge in [-0.15, -0.1) is 0 Å². The van der Waals surface area contributed by atoms with Crippen LogP contribution in [-0.2, 0) is 16.0 Å². The Kier molecular flexibility index (Phi) is 10.6. The lowest BCUT2D eigenvalue weighted by Crippen LogP contribution is -2.15. The Morgan fingerprint density at radius 1 is 0.850 bits per heavy atom. The van der Waals surface area contributed by atoms with Gasteiger partial charge in [0.05, 0.1) is 19.8 Å². The minimum atomic E-state index is -0.280. The maximum Gasteiger partial charge on any atom is 0.255 e. The summed E-state index contributed by atoms with van der Waals surface area (Å²) in [4.78, 5) is 30.2. The van der Waals surface area contributed by atoms with Gasteiger partial charge in [0.25, 0.3) is 11.8 Å². The molecule has 4 N–H and O–H groups in total. The number of rotatable bonds is 14. The van der Waals surface area contributed by atoms with Gasteiger partial charge in [-0.3, -0.25) is 9.59 Å². The predicted octanol–water partition coefficient (Wildman–Crippen LogP) is 4.75. The second-order valence-corrected chi connectivity index (χ2v) is 9.20. The first-order valence-electron chi connectivity index (χ1n) is 13.3. The van der Waals surface area contributed by atoms with Gasteiger partial charge in [-0.1, -0.05) is 36.4 Å². The summed E-state index contributed by atoms with van der Waals surface area (Å²) in [6.07, 6.45) is 4.49. The highest BCUT2D eigenvalue weighted by Gasteiger charge is 2.13. The van der Waals surface area contributed by atoms with Crippen LogP contribution < -0.4 is 16.4 Å². The normalized spacial score (nSPS) is 10.8. The van der Waals surface area contributed by atoms with E-state index in [2.05, 4.69) is 15.6 Å². The zero-order valence-electron chi connectivity index (χ0n) is 22.6. The summed E-state index contributed by atoms with van der Waals surface area (Å²) < 4.78 is 13.1. The number of anilines is 2. The Morgan fingerprint density at radius 3 is 2.42 bits per heavy atom. The van der Waals surface area contributed by atoms with E-state index in [0.717, 1.165) is 23.4 Å². The number of aryl methyl sites for hydroxylation is 1. The molecule has 2 amide bonds. The van der Waals surface area contributed by atoms with Crippen molar-refractivity contribution < 1.29 is 19.1 Å². The van der Waals surface area contributed by atoms with Crippen LogP contribution in [0.3, 0.4) is 0 Å². The van der Waals surface area contributed by atoms with Crippen LogP contribution in [0.4, 0.5) is 11.4 Å². The van der Waals surface area contributed by atoms with Crippen LogP contribution in [0.25, 0.3) is 11.4 Å². The van der Waals surface area contributed by atoms with Crippen molar-refractivity contribution in [1.29, 1.82) is 0 Å². The molecule has 0 aliphatic heterocycles. The topological polar surface area (TPSA) is 120 Å². The lowest BCUT2D eigenvalue weighted by atomic mass is 10.1. The third-order valence-electron chi connectivity index (χ3n) is 6.22. The Bertz CT molecular complexity index is 1400. The highest BCUT2D eigenvalue weighted by Crippen LogP contribution is 2.23. The Labute approximate surface area is 234 Å². The molecule has 3 aromatic carbocycles. The molecule has 9 nitrogen and oxygen atoms in total. The first kappa shape index (κ1) is 28.7. The lowest BCUT2D eigenvalue weighted by molar-refractivity contribution is 0.0446. The van der Waals surface area contributed by atoms with Gasteiger partial charge in [-0.05, 0) is 61.9 Å². The molecule has 0 radical (unpaired) electrons. The zero-order chi connectivity index (χ0) is 28.2. The van der Waals surface area contributed by atoms with Crippen LogP contribution in [0.5, 0.6) is 0 Å². The lowest BCUT2D eigenvalue weighted by Gasteiger charge is -2.12. The molecule has 0 fully saturated rings. The Hall–Kier alpha value is -4.31. The van der Waals surface area contributed by atoms with Crippen molar-refractivity contribution in [2.24, 2.45) is 5.73 Å². The van der Waals surface area contributed by atoms with Crippen molar-refractivity contribution >= 4 is 23.2 Å². The summed E-state index contributed by atoms with van der Waals surface area (Å²) in [6, 6.07) is 21.7. The van der Waals surface area contributed by atoms with Crippen LogP contribution in [0.2, 0.25) is 0 Å². The molecule has 0 saturated heterocycles. The number of amides is 2. The first-order chi connectivity index (χ1) is 19.5. The SMILES string of the molecule is Cc1ccc(C(=O)Nc2cccc(-c3nccn3CCOCCOCCCN)c2)cc1NC(=O)c1ccccc1. The van der Waals surface area contributed by atoms with Crippen molar-refractivity contribution in [3.05, 3.63) is 102 Å². The smallest absolute Gasteiger partial charge is 0.255 e. The summed E-state index contributed by atoms with van der Waals surface area (Å²) in [5, 5.41) is 5.86. The van der Waals surface area contributed by atoms with E-state index < -0.39 is 0 Å². The molecule has 0 spiro atoms. The number of nitrogens with one attached hydrogen (secondary N) is 2. The van der Waals surface area contributed by atoms with Crippen molar-refractivity contribution in [2.45, 2.75) is 19.9 Å². The summed E-state index contributed by atoms with van der Waals surface area (Å²) in [5.41, 5.74) is 9.39. The number of carbonyl (C=O) groups is 2. The molecule has 208 valence electrons. The minimum absolute atomic E-state index is 0.231. The highest BCUT2D eigenvalue weighted by atomic mass is 16.5. The van der Waals surface area contributed by atoms with Gasteiger partial charge in [0.1, 0.15) is 5.82 Å². The molecule has 4 aromatic rings. The fourth-order valence-corrected chi connectivity index (χ4v) is 4.04. The Morgan fingerprint density at radius 2 is 1.62 bits per heavy atom. The third kappa shape index (κ3) is 8.09. The molecular weight excluding hydrogens is 506 g/mol. The number of carbonyl (C=O) groups excluding carboxylic acids is 2. The van der Waals surface area contributed by atoms with E-state index in [9.17, 15) is 9.59 Å². The monoisotopic (exact) mass is 541 g/mol. The molecular formula is C31H35N5O4. The molecule has 0 unspecified atom stereocenters. The van der Waals surface area contributed by atoms with Gasteiger partial charge in [0, 0.05) is 53.6 Å². The summed E-state index contributed by atoms with van der Waals surface area (Å²) in [7, 11) is 0. The maximum atomic E-state index is 13.1. The van der Waals surface area contributed by atoms with Crippen LogP contribution in [0.15, 0.2) is 85.2 Å². The van der Waals surface area contributed by atoms with Gasteiger partial charge in [0.15, 0.2) is 0 Å². The number of benzene rings is 3. The van der Waals surface area contributed by atoms with Crippen molar-refractivity contribution in [3.8, 4) is 11.4 Å². The highest BCUT2D eigenvalue weighted by molar-refractivity contribution is 6.07. The number of nitrogens with two attached hydrogens (primary N) is 1. The van der Waals surface area contributed by atoms with Crippen molar-refractivity contribution in [3.63, 3.8) is 0 Å². The fraction of sp³-hybridized carbons (Fsp3) is 0.258. The number of hydrogen-bond donors (Lipinski definition) is 3. The van der Waals surface area contributed by atoms with Crippen LogP contribution in [-0.4, -0.2) is 54.3 Å². The average molecular weight is 542 g/mol. The maximum absolute atomic E-state index is 13.1. The largest absolute Gasteiger partial charge is 0.379 e. The minimum Gasteiger partial charge on any atom is -0.379 e. The van der Waals surface area contributed by atoms with Crippen LogP contribution in [0.1, 0.15) is 32.7 Å². The van der Waals surface area contributed by atoms with Gasteiger partial charge < -0.3 is 30.4 Å². The zero-order valence-corrected chi connectivity index (χ0v) is 22.6. The standard InChI is InChI=1S/C31H35N5O4/c1-23-11-12-26(22-28(23)35-30(37)24-7-3-2-4-8-24)31(38)34-27-10-5-9-25(21-27)29-33-14-15-36(29)16-18-40-20-19-39-17-6-13-32/h2-5,7-12,14-15,21-22H,6,13,16-20,32H2,1H3,(H,34,38)(H,35,37). The molecule has 0 atom stereocenters. The summed E-state index contributed by atoms with van der Waals surface area (Å²) in [6.45, 7) is 5.38. The van der Waals surface area contributed by atoms with E-state index in [0.29, 0.717) is 62.0 Å². The number of aromatic nitrogens is 2. The predicted molar refractivity (Wildman–Crippen MR) is 156 cm³/mol. The fourth-order valence-electron chi connectivity index (χ4n) is 4.04. The van der Waals surface area contributed by atoms with E-state index in [1.807, 2.05) is 66.2 Å². The van der Waals surface area contributed by atoms with E-state index in [-0.39, 0.29) is 11.8 Å². The molecule has 1 aromatic heterocycles. The van der Waals surface area contributed by atoms with E-state index in [1.54, 1.807) is 30.5 Å². The molecule has 4 rings (SSSR count). The molecule has 0 saturated carbocycles.